The molecule has 4 heteroatoms. The lowest BCUT2D eigenvalue weighted by Gasteiger charge is -2.08. The first-order valence-electron chi connectivity index (χ1n) is 7.04. The Hall–Kier alpha value is -1.00. The standard InChI is InChI=1S/C15H11Br2NO.C2H6/c1-8-4-9-2-3-10-6-11(16)7-18-14(10)15(19)13(9)12(17)5-8;1-2/h4-7H,2-3H2,1H3;1-2H3. The highest BCUT2D eigenvalue weighted by atomic mass is 79.9. The Labute approximate surface area is 142 Å². The van der Waals surface area contributed by atoms with Crippen molar-refractivity contribution in [3.05, 3.63) is 61.3 Å². The summed E-state index contributed by atoms with van der Waals surface area (Å²) in [5.74, 6) is 0.0156. The van der Waals surface area contributed by atoms with Crippen molar-refractivity contribution < 1.29 is 4.79 Å². The van der Waals surface area contributed by atoms with Crippen LogP contribution in [0.3, 0.4) is 0 Å². The van der Waals surface area contributed by atoms with E-state index in [9.17, 15) is 4.79 Å². The molecule has 0 bridgehead atoms. The average molecular weight is 411 g/mol. The molecule has 0 spiro atoms. The summed E-state index contributed by atoms with van der Waals surface area (Å²) < 4.78 is 1.78. The molecular formula is C17H17Br2NO. The number of aromatic nitrogens is 1. The number of rotatable bonds is 0. The number of hydrogen-bond acceptors (Lipinski definition) is 2. The van der Waals surface area contributed by atoms with E-state index in [1.165, 1.54) is 5.56 Å². The number of halogens is 2. The van der Waals surface area contributed by atoms with E-state index in [0.29, 0.717) is 5.69 Å². The zero-order valence-electron chi connectivity index (χ0n) is 12.3. The van der Waals surface area contributed by atoms with Gasteiger partial charge in [0.05, 0.1) is 0 Å². The van der Waals surface area contributed by atoms with Crippen LogP contribution in [0.25, 0.3) is 0 Å². The number of ketones is 1. The number of carbonyl (C=O) groups is 1. The third-order valence-electron chi connectivity index (χ3n) is 3.36. The van der Waals surface area contributed by atoms with Crippen molar-refractivity contribution in [2.75, 3.05) is 0 Å². The van der Waals surface area contributed by atoms with Gasteiger partial charge in [0, 0.05) is 20.7 Å². The third-order valence-corrected chi connectivity index (χ3v) is 4.41. The minimum atomic E-state index is 0.0156. The Morgan fingerprint density at radius 3 is 2.43 bits per heavy atom. The van der Waals surface area contributed by atoms with Crippen LogP contribution in [0.15, 0.2) is 33.3 Å². The summed E-state index contributed by atoms with van der Waals surface area (Å²) in [5, 5.41) is 0. The van der Waals surface area contributed by atoms with Crippen molar-refractivity contribution in [2.24, 2.45) is 0 Å². The number of nitrogens with zero attached hydrogens (tertiary/aromatic N) is 1. The lowest BCUT2D eigenvalue weighted by atomic mass is 9.99. The molecule has 1 aliphatic carbocycles. The predicted molar refractivity (Wildman–Crippen MR) is 93.0 cm³/mol. The van der Waals surface area contributed by atoms with E-state index in [1.807, 2.05) is 32.9 Å². The van der Waals surface area contributed by atoms with Crippen LogP contribution in [-0.2, 0) is 12.8 Å². The highest BCUT2D eigenvalue weighted by Gasteiger charge is 2.24. The summed E-state index contributed by atoms with van der Waals surface area (Å²) in [6, 6.07) is 6.08. The molecule has 0 saturated carbocycles. The maximum absolute atomic E-state index is 12.7. The van der Waals surface area contributed by atoms with Gasteiger partial charge < -0.3 is 0 Å². The minimum Gasteiger partial charge on any atom is -0.287 e. The molecule has 1 heterocycles. The highest BCUT2D eigenvalue weighted by molar-refractivity contribution is 9.10. The van der Waals surface area contributed by atoms with Gasteiger partial charge in [0.2, 0.25) is 5.78 Å². The minimum absolute atomic E-state index is 0.0156. The van der Waals surface area contributed by atoms with Gasteiger partial charge >= 0.3 is 0 Å². The van der Waals surface area contributed by atoms with Gasteiger partial charge in [0.25, 0.3) is 0 Å². The number of benzene rings is 1. The fourth-order valence-electron chi connectivity index (χ4n) is 2.53. The molecule has 0 saturated heterocycles. The maximum Gasteiger partial charge on any atom is 0.213 e. The van der Waals surface area contributed by atoms with Crippen molar-refractivity contribution in [1.82, 2.24) is 4.98 Å². The molecule has 0 atom stereocenters. The summed E-state index contributed by atoms with van der Waals surface area (Å²) in [5.41, 5.74) is 4.62. The van der Waals surface area contributed by atoms with Gasteiger partial charge in [-0.1, -0.05) is 35.8 Å². The van der Waals surface area contributed by atoms with Crippen molar-refractivity contribution in [1.29, 1.82) is 0 Å². The molecule has 3 rings (SSSR count). The molecule has 0 fully saturated rings. The molecule has 0 aliphatic heterocycles. The van der Waals surface area contributed by atoms with E-state index in [2.05, 4.69) is 42.9 Å². The van der Waals surface area contributed by atoms with E-state index >= 15 is 0 Å². The number of carbonyl (C=O) groups excluding carboxylic acids is 1. The lowest BCUT2D eigenvalue weighted by molar-refractivity contribution is 0.103. The first kappa shape index (κ1) is 16.4. The Morgan fingerprint density at radius 2 is 1.71 bits per heavy atom. The molecular weight excluding hydrogens is 394 g/mol. The summed E-state index contributed by atoms with van der Waals surface area (Å²) in [6.07, 6.45) is 3.40. The SMILES string of the molecule is CC.Cc1cc(Br)c2c(c1)CCc1cc(Br)cnc1C2=O. The van der Waals surface area contributed by atoms with Gasteiger partial charge in [-0.15, -0.1) is 0 Å². The van der Waals surface area contributed by atoms with E-state index in [1.54, 1.807) is 6.20 Å². The summed E-state index contributed by atoms with van der Waals surface area (Å²) in [7, 11) is 0. The van der Waals surface area contributed by atoms with E-state index < -0.39 is 0 Å². The van der Waals surface area contributed by atoms with Crippen molar-refractivity contribution in [2.45, 2.75) is 33.6 Å². The number of pyridine rings is 1. The second-order valence-corrected chi connectivity index (χ2v) is 6.54. The second-order valence-electron chi connectivity index (χ2n) is 4.77. The van der Waals surface area contributed by atoms with Crippen LogP contribution in [-0.4, -0.2) is 10.8 Å². The molecule has 110 valence electrons. The zero-order valence-corrected chi connectivity index (χ0v) is 15.5. The lowest BCUT2D eigenvalue weighted by Crippen LogP contribution is -2.08. The topological polar surface area (TPSA) is 30.0 Å². The molecule has 1 aliphatic rings. The first-order chi connectivity index (χ1) is 10.1. The van der Waals surface area contributed by atoms with E-state index in [4.69, 9.17) is 0 Å². The van der Waals surface area contributed by atoms with Crippen LogP contribution < -0.4 is 0 Å². The summed E-state index contributed by atoms with van der Waals surface area (Å²) in [4.78, 5) is 17.0. The quantitative estimate of drug-likeness (QED) is 0.591. The van der Waals surface area contributed by atoms with Crippen LogP contribution in [0.2, 0.25) is 0 Å². The van der Waals surface area contributed by atoms with Crippen LogP contribution >= 0.6 is 31.9 Å². The molecule has 0 radical (unpaired) electrons. The van der Waals surface area contributed by atoms with Crippen LogP contribution in [0.5, 0.6) is 0 Å². The van der Waals surface area contributed by atoms with Crippen molar-refractivity contribution in [3.8, 4) is 0 Å². The number of aryl methyl sites for hydroxylation is 3. The smallest absolute Gasteiger partial charge is 0.213 e. The summed E-state index contributed by atoms with van der Waals surface area (Å²) >= 11 is 6.93. The largest absolute Gasteiger partial charge is 0.287 e. The average Bonchev–Trinajstić information content (AvgIpc) is 2.58. The van der Waals surface area contributed by atoms with Gasteiger partial charge in [-0.3, -0.25) is 9.78 Å². The molecule has 21 heavy (non-hydrogen) atoms. The zero-order chi connectivity index (χ0) is 15.6. The Balaban J connectivity index is 0.000000774. The molecule has 2 nitrogen and oxygen atoms in total. The fourth-order valence-corrected chi connectivity index (χ4v) is 3.70. The molecule has 1 aromatic heterocycles. The molecule has 0 amide bonds. The van der Waals surface area contributed by atoms with Gasteiger partial charge in [-0.05, 0) is 64.5 Å². The number of hydrogen-bond donors (Lipinski definition) is 0. The van der Waals surface area contributed by atoms with Crippen molar-refractivity contribution >= 4 is 37.6 Å². The fraction of sp³-hybridized carbons (Fsp3) is 0.294. The van der Waals surface area contributed by atoms with Gasteiger partial charge in [0.15, 0.2) is 0 Å². The maximum atomic E-state index is 12.7. The third kappa shape index (κ3) is 3.27. The molecule has 1 aromatic carbocycles. The van der Waals surface area contributed by atoms with Crippen LogP contribution in [0, 0.1) is 6.92 Å². The second kappa shape index (κ2) is 6.84. The Kier molecular flexibility index (Phi) is 5.33. The molecule has 2 aromatic rings. The number of fused-ring (bicyclic) bond motifs is 2. The van der Waals surface area contributed by atoms with Gasteiger partial charge in [-0.25, -0.2) is 0 Å². The van der Waals surface area contributed by atoms with E-state index in [0.717, 1.165) is 38.5 Å². The predicted octanol–water partition coefficient (Wildman–Crippen LogP) is 5.27. The highest BCUT2D eigenvalue weighted by Crippen LogP contribution is 2.30. The van der Waals surface area contributed by atoms with Crippen molar-refractivity contribution in [3.63, 3.8) is 0 Å². The Bertz CT molecular complexity index is 695. The monoisotopic (exact) mass is 409 g/mol. The molecule has 0 unspecified atom stereocenters. The van der Waals surface area contributed by atoms with E-state index in [-0.39, 0.29) is 5.78 Å². The van der Waals surface area contributed by atoms with Crippen LogP contribution in [0.1, 0.15) is 46.6 Å². The molecule has 0 N–H and O–H groups in total. The van der Waals surface area contributed by atoms with Crippen LogP contribution in [0.4, 0.5) is 0 Å². The normalized spacial score (nSPS) is 12.7. The summed E-state index contributed by atoms with van der Waals surface area (Å²) in [6.45, 7) is 6.04. The van der Waals surface area contributed by atoms with Gasteiger partial charge in [-0.2, -0.15) is 0 Å². The first-order valence-corrected chi connectivity index (χ1v) is 8.63. The Morgan fingerprint density at radius 1 is 1.05 bits per heavy atom. The van der Waals surface area contributed by atoms with Gasteiger partial charge in [0.1, 0.15) is 5.69 Å².